The van der Waals surface area contributed by atoms with Gasteiger partial charge in [0.15, 0.2) is 6.20 Å². The van der Waals surface area contributed by atoms with Gasteiger partial charge in [0.05, 0.1) is 4.47 Å². The van der Waals surface area contributed by atoms with Gasteiger partial charge in [-0.2, -0.15) is 4.73 Å². The summed E-state index contributed by atoms with van der Waals surface area (Å²) in [4.78, 5) is 0. The van der Waals surface area contributed by atoms with Crippen molar-refractivity contribution in [2.45, 2.75) is 6.42 Å². The van der Waals surface area contributed by atoms with Crippen molar-refractivity contribution in [1.29, 1.82) is 0 Å². The van der Waals surface area contributed by atoms with E-state index in [2.05, 4.69) is 22.5 Å². The fraction of sp³-hybridized carbons (Fsp3) is 0.0833. The Labute approximate surface area is 96.6 Å². The Morgan fingerprint density at radius 3 is 3.00 bits per heavy atom. The van der Waals surface area contributed by atoms with Crippen molar-refractivity contribution in [3.8, 4) is 0 Å². The van der Waals surface area contributed by atoms with Crippen molar-refractivity contribution in [1.82, 2.24) is 0 Å². The summed E-state index contributed by atoms with van der Waals surface area (Å²) in [6.07, 6.45) is 4.03. The maximum Gasteiger partial charge on any atom is 0.227 e. The molecule has 1 aromatic carbocycles. The number of halogens is 1. The largest absolute Gasteiger partial charge is 0.618 e. The smallest absolute Gasteiger partial charge is 0.227 e. The van der Waals surface area contributed by atoms with Crippen LogP contribution in [0, 0.1) is 5.21 Å². The first-order chi connectivity index (χ1) is 7.22. The van der Waals surface area contributed by atoms with Gasteiger partial charge >= 0.3 is 0 Å². The molecule has 2 rings (SSSR count). The third kappa shape index (κ3) is 1.88. The molecule has 0 atom stereocenters. The van der Waals surface area contributed by atoms with E-state index in [1.165, 1.54) is 6.20 Å². The van der Waals surface area contributed by atoms with Crippen LogP contribution in [0.4, 0.5) is 0 Å². The fourth-order valence-electron chi connectivity index (χ4n) is 1.68. The Hall–Kier alpha value is -1.35. The number of fused-ring (bicyclic) bond motifs is 1. The Morgan fingerprint density at radius 1 is 1.47 bits per heavy atom. The van der Waals surface area contributed by atoms with Crippen molar-refractivity contribution in [3.63, 3.8) is 0 Å². The molecule has 76 valence electrons. The van der Waals surface area contributed by atoms with Gasteiger partial charge in [-0.05, 0) is 34.5 Å². The normalized spacial score (nSPS) is 10.5. The zero-order chi connectivity index (χ0) is 10.8. The van der Waals surface area contributed by atoms with Crippen LogP contribution in [0.2, 0.25) is 0 Å². The van der Waals surface area contributed by atoms with Crippen LogP contribution in [0.5, 0.6) is 0 Å². The number of hydrogen-bond acceptors (Lipinski definition) is 1. The van der Waals surface area contributed by atoms with Crippen LogP contribution in [-0.2, 0) is 6.42 Å². The van der Waals surface area contributed by atoms with E-state index in [0.29, 0.717) is 6.42 Å². The van der Waals surface area contributed by atoms with Gasteiger partial charge in [-0.15, -0.1) is 6.58 Å². The topological polar surface area (TPSA) is 26.9 Å². The lowest BCUT2D eigenvalue weighted by Crippen LogP contribution is -2.27. The lowest BCUT2D eigenvalue weighted by atomic mass is 10.1. The SMILES string of the molecule is C=CCc1cccc2cc(Br)c[n+]([O-])c12. The first-order valence-electron chi connectivity index (χ1n) is 4.63. The number of para-hydroxylation sites is 1. The Bertz CT molecular complexity index is 522. The predicted molar refractivity (Wildman–Crippen MR) is 64.5 cm³/mol. The minimum Gasteiger partial charge on any atom is -0.618 e. The molecule has 3 heteroatoms. The summed E-state index contributed by atoms with van der Waals surface area (Å²) in [6.45, 7) is 3.69. The van der Waals surface area contributed by atoms with Crippen molar-refractivity contribution in [2.24, 2.45) is 0 Å². The molecule has 0 saturated heterocycles. The van der Waals surface area contributed by atoms with Gasteiger partial charge in [-0.3, -0.25) is 0 Å². The van der Waals surface area contributed by atoms with Gasteiger partial charge in [0.1, 0.15) is 0 Å². The maximum absolute atomic E-state index is 11.7. The van der Waals surface area contributed by atoms with E-state index in [1.54, 1.807) is 6.08 Å². The molecule has 0 bridgehead atoms. The maximum atomic E-state index is 11.7. The van der Waals surface area contributed by atoms with Gasteiger partial charge in [-0.25, -0.2) is 0 Å². The van der Waals surface area contributed by atoms with E-state index < -0.39 is 0 Å². The number of nitrogens with zero attached hydrogens (tertiary/aromatic N) is 1. The van der Waals surface area contributed by atoms with Crippen LogP contribution in [0.1, 0.15) is 5.56 Å². The number of rotatable bonds is 2. The highest BCUT2D eigenvalue weighted by atomic mass is 79.9. The fourth-order valence-corrected chi connectivity index (χ4v) is 2.11. The molecule has 15 heavy (non-hydrogen) atoms. The lowest BCUT2D eigenvalue weighted by Gasteiger charge is -2.05. The van der Waals surface area contributed by atoms with Gasteiger partial charge in [0, 0.05) is 10.9 Å². The average Bonchev–Trinajstić information content (AvgIpc) is 2.17. The van der Waals surface area contributed by atoms with Crippen LogP contribution in [-0.4, -0.2) is 0 Å². The minimum atomic E-state index is 0.710. The molecule has 0 spiro atoms. The molecule has 0 N–H and O–H groups in total. The summed E-state index contributed by atoms with van der Waals surface area (Å²) in [6, 6.07) is 7.78. The predicted octanol–water partition coefficient (Wildman–Crippen LogP) is 2.96. The molecular formula is C12H10BrNO. The number of allylic oxidation sites excluding steroid dienone is 1. The molecule has 2 nitrogen and oxygen atoms in total. The standard InChI is InChI=1S/C12H10BrNO/c1-2-4-9-5-3-6-10-7-11(13)8-14(15)12(9)10/h2-3,5-8H,1,4H2. The molecule has 0 amide bonds. The summed E-state index contributed by atoms with van der Waals surface area (Å²) >= 11 is 3.31. The zero-order valence-electron chi connectivity index (χ0n) is 8.11. The summed E-state index contributed by atoms with van der Waals surface area (Å²) < 4.78 is 1.69. The Kier molecular flexibility index (Phi) is 2.73. The van der Waals surface area contributed by atoms with Crippen molar-refractivity contribution in [2.75, 3.05) is 0 Å². The summed E-state index contributed by atoms with van der Waals surface area (Å²) in [7, 11) is 0. The molecule has 1 aromatic heterocycles. The van der Waals surface area contributed by atoms with Gasteiger partial charge in [0.2, 0.25) is 5.52 Å². The second-order valence-electron chi connectivity index (χ2n) is 3.33. The number of hydrogen-bond donors (Lipinski definition) is 0. The summed E-state index contributed by atoms with van der Waals surface area (Å²) in [5, 5.41) is 12.7. The molecular weight excluding hydrogens is 254 g/mol. The van der Waals surface area contributed by atoms with Crippen molar-refractivity contribution < 1.29 is 4.73 Å². The molecule has 0 aliphatic rings. The highest BCUT2D eigenvalue weighted by molar-refractivity contribution is 9.10. The molecule has 0 unspecified atom stereocenters. The quantitative estimate of drug-likeness (QED) is 0.465. The lowest BCUT2D eigenvalue weighted by molar-refractivity contribution is -0.577. The van der Waals surface area contributed by atoms with Crippen LogP contribution in [0.3, 0.4) is 0 Å². The van der Waals surface area contributed by atoms with Gasteiger partial charge < -0.3 is 5.21 Å². The molecule has 2 aromatic rings. The third-order valence-corrected chi connectivity index (χ3v) is 2.70. The van der Waals surface area contributed by atoms with E-state index in [9.17, 15) is 5.21 Å². The van der Waals surface area contributed by atoms with E-state index in [4.69, 9.17) is 0 Å². The van der Waals surface area contributed by atoms with Gasteiger partial charge in [-0.1, -0.05) is 18.2 Å². The van der Waals surface area contributed by atoms with E-state index in [0.717, 1.165) is 25.7 Å². The molecule has 0 aliphatic heterocycles. The molecule has 1 heterocycles. The second kappa shape index (κ2) is 4.03. The Morgan fingerprint density at radius 2 is 2.27 bits per heavy atom. The van der Waals surface area contributed by atoms with Crippen molar-refractivity contribution >= 4 is 26.8 Å². The molecule has 0 aliphatic carbocycles. The third-order valence-electron chi connectivity index (χ3n) is 2.27. The molecule has 0 fully saturated rings. The van der Waals surface area contributed by atoms with Gasteiger partial charge in [0.25, 0.3) is 0 Å². The highest BCUT2D eigenvalue weighted by Gasteiger charge is 2.09. The first-order valence-corrected chi connectivity index (χ1v) is 5.43. The molecule has 0 saturated carbocycles. The van der Waals surface area contributed by atoms with Crippen LogP contribution in [0.15, 0.2) is 47.6 Å². The zero-order valence-corrected chi connectivity index (χ0v) is 9.70. The second-order valence-corrected chi connectivity index (χ2v) is 4.25. The number of benzene rings is 1. The van der Waals surface area contributed by atoms with Crippen LogP contribution < -0.4 is 4.73 Å². The number of aromatic nitrogens is 1. The minimum absolute atomic E-state index is 0.710. The average molecular weight is 264 g/mol. The Balaban J connectivity index is 2.78. The van der Waals surface area contributed by atoms with Crippen molar-refractivity contribution in [3.05, 3.63) is 58.4 Å². The van der Waals surface area contributed by atoms with Crippen LogP contribution in [0.25, 0.3) is 10.9 Å². The molecule has 0 radical (unpaired) electrons. The number of pyridine rings is 1. The highest BCUT2D eigenvalue weighted by Crippen LogP contribution is 2.19. The monoisotopic (exact) mass is 263 g/mol. The van der Waals surface area contributed by atoms with E-state index >= 15 is 0 Å². The first kappa shape index (κ1) is 10.2. The van der Waals surface area contributed by atoms with E-state index in [1.807, 2.05) is 24.3 Å². The summed E-state index contributed by atoms with van der Waals surface area (Å²) in [5.41, 5.74) is 1.73. The van der Waals surface area contributed by atoms with Crippen LogP contribution >= 0.6 is 15.9 Å². The van der Waals surface area contributed by atoms with E-state index in [-0.39, 0.29) is 0 Å². The summed E-state index contributed by atoms with van der Waals surface area (Å²) in [5.74, 6) is 0.